The molecular formula is C18H17BrClNO6. The lowest BCUT2D eigenvalue weighted by Crippen LogP contribution is -2.39. The van der Waals surface area contributed by atoms with E-state index in [0.717, 1.165) is 6.42 Å². The second kappa shape index (κ2) is 6.98. The van der Waals surface area contributed by atoms with E-state index in [4.69, 9.17) is 25.8 Å². The van der Waals surface area contributed by atoms with Crippen molar-refractivity contribution in [3.8, 4) is 5.75 Å². The van der Waals surface area contributed by atoms with Crippen LogP contribution in [0.2, 0.25) is 5.02 Å². The van der Waals surface area contributed by atoms with Crippen LogP contribution < -0.4 is 10.1 Å². The molecule has 2 aliphatic carbocycles. The third kappa shape index (κ3) is 3.08. The first-order valence-corrected chi connectivity index (χ1v) is 9.84. The molecule has 4 rings (SSSR count). The Labute approximate surface area is 168 Å². The van der Waals surface area contributed by atoms with Crippen LogP contribution >= 0.6 is 27.5 Å². The quantitative estimate of drug-likeness (QED) is 0.538. The first-order valence-electron chi connectivity index (χ1n) is 8.55. The minimum atomic E-state index is -0.570. The smallest absolute Gasteiger partial charge is 0.310 e. The van der Waals surface area contributed by atoms with Crippen LogP contribution in [0.15, 0.2) is 18.2 Å². The highest BCUT2D eigenvalue weighted by atomic mass is 79.9. The van der Waals surface area contributed by atoms with Crippen LogP contribution in [-0.2, 0) is 23.9 Å². The summed E-state index contributed by atoms with van der Waals surface area (Å²) in [5.41, 5.74) is 0.383. The Bertz CT molecular complexity index is 817. The van der Waals surface area contributed by atoms with Gasteiger partial charge in [0.2, 0.25) is 0 Å². The molecule has 1 aromatic carbocycles. The fourth-order valence-electron chi connectivity index (χ4n) is 4.49. The zero-order valence-corrected chi connectivity index (χ0v) is 16.7. The van der Waals surface area contributed by atoms with E-state index in [0.29, 0.717) is 16.5 Å². The van der Waals surface area contributed by atoms with Crippen LogP contribution in [0.1, 0.15) is 6.42 Å². The normalized spacial score (nSPS) is 32.9. The van der Waals surface area contributed by atoms with Gasteiger partial charge in [-0.25, -0.2) is 0 Å². The van der Waals surface area contributed by atoms with Gasteiger partial charge in [-0.3, -0.25) is 14.4 Å². The standard InChI is InChI=1S/C18H17BrClNO6/c1-25-11-3-2-7(20)4-10(11)21-12(22)6-26-17(23)13-8-5-9-14(13)18(24)27-16(9)15(8)19/h2-4,8-9,13-16H,5-6H2,1H3,(H,21,22)/t8-,9-,13-,14-,15-,16+/m1/s1. The maximum absolute atomic E-state index is 12.6. The van der Waals surface area contributed by atoms with Gasteiger partial charge in [0, 0.05) is 10.9 Å². The highest BCUT2D eigenvalue weighted by Crippen LogP contribution is 2.60. The fraction of sp³-hybridized carbons (Fsp3) is 0.500. The number of methoxy groups -OCH3 is 1. The van der Waals surface area contributed by atoms with Crippen molar-refractivity contribution in [3.63, 3.8) is 0 Å². The number of halogens is 2. The molecule has 1 saturated heterocycles. The second-order valence-electron chi connectivity index (χ2n) is 6.96. The number of carbonyl (C=O) groups is 3. The molecule has 1 aromatic rings. The lowest BCUT2D eigenvalue weighted by atomic mass is 9.80. The Kier molecular flexibility index (Phi) is 4.80. The van der Waals surface area contributed by atoms with E-state index < -0.39 is 30.3 Å². The van der Waals surface area contributed by atoms with Crippen molar-refractivity contribution in [2.75, 3.05) is 19.0 Å². The van der Waals surface area contributed by atoms with Crippen LogP contribution in [-0.4, -0.2) is 42.5 Å². The lowest BCUT2D eigenvalue weighted by molar-refractivity contribution is -0.157. The Hall–Kier alpha value is -1.80. The number of hydrogen-bond donors (Lipinski definition) is 1. The number of ether oxygens (including phenoxy) is 3. The Balaban J connectivity index is 1.38. The third-order valence-corrected chi connectivity index (χ3v) is 7.01. The summed E-state index contributed by atoms with van der Waals surface area (Å²) < 4.78 is 15.7. The molecule has 1 N–H and O–H groups in total. The highest BCUT2D eigenvalue weighted by molar-refractivity contribution is 9.09. The first kappa shape index (κ1) is 18.6. The highest BCUT2D eigenvalue weighted by Gasteiger charge is 2.68. The predicted molar refractivity (Wildman–Crippen MR) is 98.8 cm³/mol. The number of carbonyl (C=O) groups excluding carboxylic acids is 3. The number of amides is 1. The molecule has 1 heterocycles. The van der Waals surface area contributed by atoms with Gasteiger partial charge in [-0.15, -0.1) is 0 Å². The summed E-state index contributed by atoms with van der Waals surface area (Å²) in [6.07, 6.45) is 0.595. The molecule has 2 saturated carbocycles. The van der Waals surface area contributed by atoms with Crippen molar-refractivity contribution in [3.05, 3.63) is 23.2 Å². The van der Waals surface area contributed by atoms with Crippen LogP contribution in [0.3, 0.4) is 0 Å². The van der Waals surface area contributed by atoms with Gasteiger partial charge in [-0.2, -0.15) is 0 Å². The average Bonchev–Trinajstić information content (AvgIpc) is 3.24. The Morgan fingerprint density at radius 1 is 1.37 bits per heavy atom. The second-order valence-corrected chi connectivity index (χ2v) is 8.46. The zero-order chi connectivity index (χ0) is 19.3. The Morgan fingerprint density at radius 2 is 2.15 bits per heavy atom. The minimum Gasteiger partial charge on any atom is -0.495 e. The average molecular weight is 459 g/mol. The van der Waals surface area contributed by atoms with E-state index >= 15 is 0 Å². The van der Waals surface area contributed by atoms with Gasteiger partial charge in [-0.05, 0) is 30.5 Å². The molecule has 0 spiro atoms. The summed E-state index contributed by atoms with van der Waals surface area (Å²) in [7, 11) is 1.47. The fourth-order valence-corrected chi connectivity index (χ4v) is 5.71. The van der Waals surface area contributed by atoms with Gasteiger partial charge in [-0.1, -0.05) is 27.5 Å². The zero-order valence-electron chi connectivity index (χ0n) is 14.3. The van der Waals surface area contributed by atoms with Crippen molar-refractivity contribution >= 4 is 51.1 Å². The van der Waals surface area contributed by atoms with E-state index in [1.165, 1.54) is 7.11 Å². The lowest BCUT2D eigenvalue weighted by Gasteiger charge is -2.26. The summed E-state index contributed by atoms with van der Waals surface area (Å²) >= 11 is 9.47. The van der Waals surface area contributed by atoms with E-state index in [-0.39, 0.29) is 28.7 Å². The van der Waals surface area contributed by atoms with Crippen LogP contribution in [0.4, 0.5) is 5.69 Å². The van der Waals surface area contributed by atoms with Gasteiger partial charge >= 0.3 is 11.9 Å². The van der Waals surface area contributed by atoms with Gasteiger partial charge in [0.05, 0.1) is 29.5 Å². The van der Waals surface area contributed by atoms with Crippen LogP contribution in [0, 0.1) is 23.7 Å². The number of fused-ring (bicyclic) bond motifs is 1. The van der Waals surface area contributed by atoms with Crippen molar-refractivity contribution in [1.82, 2.24) is 0 Å². The van der Waals surface area contributed by atoms with E-state index in [1.54, 1.807) is 18.2 Å². The SMILES string of the molecule is COc1ccc(Cl)cc1NC(=O)COC(=O)[C@@H]1[C@H]2C[C@H]3[C@H](OC(=O)[C@H]31)[C@@H]2Br. The van der Waals surface area contributed by atoms with Gasteiger partial charge in [0.1, 0.15) is 11.9 Å². The topological polar surface area (TPSA) is 90.9 Å². The van der Waals surface area contributed by atoms with E-state index in [2.05, 4.69) is 21.2 Å². The molecule has 1 aliphatic heterocycles. The first-order chi connectivity index (χ1) is 12.9. The van der Waals surface area contributed by atoms with Gasteiger partial charge < -0.3 is 19.5 Å². The predicted octanol–water partition coefficient (Wildman–Crippen LogP) is 2.40. The molecule has 0 aromatic heterocycles. The Morgan fingerprint density at radius 3 is 2.89 bits per heavy atom. The van der Waals surface area contributed by atoms with Gasteiger partial charge in [0.25, 0.3) is 5.91 Å². The van der Waals surface area contributed by atoms with Gasteiger partial charge in [0.15, 0.2) is 6.61 Å². The van der Waals surface area contributed by atoms with Crippen molar-refractivity contribution < 1.29 is 28.6 Å². The maximum atomic E-state index is 12.6. The summed E-state index contributed by atoms with van der Waals surface area (Å²) in [6.45, 7) is -0.458. The molecule has 144 valence electrons. The molecule has 0 unspecified atom stereocenters. The molecule has 27 heavy (non-hydrogen) atoms. The number of hydrogen-bond acceptors (Lipinski definition) is 6. The molecule has 3 aliphatic rings. The molecule has 0 radical (unpaired) electrons. The van der Waals surface area contributed by atoms with Crippen LogP contribution in [0.25, 0.3) is 0 Å². The summed E-state index contributed by atoms with van der Waals surface area (Å²) in [6, 6.07) is 4.80. The number of alkyl halides is 1. The van der Waals surface area contributed by atoms with Crippen molar-refractivity contribution in [2.45, 2.75) is 17.4 Å². The van der Waals surface area contributed by atoms with E-state index in [9.17, 15) is 14.4 Å². The molecule has 3 fully saturated rings. The maximum Gasteiger partial charge on any atom is 0.310 e. The molecule has 6 atom stereocenters. The summed E-state index contributed by atoms with van der Waals surface area (Å²) in [5.74, 6) is -1.96. The summed E-state index contributed by atoms with van der Waals surface area (Å²) in [5, 5.41) is 3.04. The number of anilines is 1. The molecule has 9 heteroatoms. The number of benzene rings is 1. The largest absolute Gasteiger partial charge is 0.495 e. The number of esters is 2. The minimum absolute atomic E-state index is 0.0139. The third-order valence-electron chi connectivity index (χ3n) is 5.58. The molecular weight excluding hydrogens is 442 g/mol. The molecule has 1 amide bonds. The molecule has 2 bridgehead atoms. The molecule has 7 nitrogen and oxygen atoms in total. The van der Waals surface area contributed by atoms with Crippen molar-refractivity contribution in [2.24, 2.45) is 23.7 Å². The number of rotatable bonds is 5. The van der Waals surface area contributed by atoms with Crippen molar-refractivity contribution in [1.29, 1.82) is 0 Å². The van der Waals surface area contributed by atoms with Crippen LogP contribution in [0.5, 0.6) is 5.75 Å². The van der Waals surface area contributed by atoms with E-state index in [1.807, 2.05) is 0 Å². The summed E-state index contributed by atoms with van der Waals surface area (Å²) in [4.78, 5) is 36.8. The number of nitrogens with one attached hydrogen (secondary N) is 1. The monoisotopic (exact) mass is 457 g/mol.